The molecule has 6 nitrogen and oxygen atoms in total. The Hall–Kier alpha value is -2.73. The first-order valence-electron chi connectivity index (χ1n) is 10.2. The van der Waals surface area contributed by atoms with E-state index in [-0.39, 0.29) is 61.2 Å². The number of hydrogen-bond donors (Lipinski definition) is 0. The van der Waals surface area contributed by atoms with E-state index < -0.39 is 0 Å². The van der Waals surface area contributed by atoms with Gasteiger partial charge in [0.05, 0.1) is 26.1 Å². The Kier molecular flexibility index (Phi) is 7.44. The molecule has 0 aliphatic heterocycles. The summed E-state index contributed by atoms with van der Waals surface area (Å²) < 4.78 is 21.4. The van der Waals surface area contributed by atoms with Gasteiger partial charge in [0.25, 0.3) is 0 Å². The standard InChI is InChI=1S/C24H26O6.ClH/c1-27-17-7-3-5-15(11-17)13-29-23(25)20-10-9-19-21(20)22(19)24(26)30-14-16-6-4-8-18(12-16)28-2;/h3-8,11-12,19-22H,9-10,13-14H2,1-2H3;1H. The highest BCUT2D eigenvalue weighted by Gasteiger charge is 2.64. The van der Waals surface area contributed by atoms with Crippen LogP contribution in [0.1, 0.15) is 24.0 Å². The van der Waals surface area contributed by atoms with Crippen LogP contribution in [0.3, 0.4) is 0 Å². The fourth-order valence-corrected chi connectivity index (χ4v) is 4.53. The van der Waals surface area contributed by atoms with Gasteiger partial charge in [0.1, 0.15) is 24.7 Å². The highest BCUT2D eigenvalue weighted by Crippen LogP contribution is 2.61. The minimum atomic E-state index is -0.228. The first-order valence-corrected chi connectivity index (χ1v) is 10.2. The molecule has 0 radical (unpaired) electrons. The Morgan fingerprint density at radius 3 is 1.94 bits per heavy atom. The van der Waals surface area contributed by atoms with Gasteiger partial charge < -0.3 is 18.9 Å². The number of methoxy groups -OCH3 is 2. The molecule has 4 rings (SSSR count). The summed E-state index contributed by atoms with van der Waals surface area (Å²) in [6, 6.07) is 14.9. The second-order valence-corrected chi connectivity index (χ2v) is 7.87. The average Bonchev–Trinajstić information content (AvgIpc) is 3.34. The second kappa shape index (κ2) is 10.1. The van der Waals surface area contributed by atoms with Crippen molar-refractivity contribution in [2.24, 2.45) is 23.7 Å². The molecule has 0 spiro atoms. The van der Waals surface area contributed by atoms with Gasteiger partial charge in [0.15, 0.2) is 0 Å². The number of hydrogen-bond acceptors (Lipinski definition) is 6. The van der Waals surface area contributed by atoms with E-state index >= 15 is 0 Å². The fraction of sp³-hybridized carbons (Fsp3) is 0.417. The van der Waals surface area contributed by atoms with Crippen LogP contribution in [0.2, 0.25) is 0 Å². The number of halogens is 1. The number of fused-ring (bicyclic) bond motifs is 1. The van der Waals surface area contributed by atoms with Gasteiger partial charge in [-0.05, 0) is 60.1 Å². The van der Waals surface area contributed by atoms with Crippen molar-refractivity contribution in [3.8, 4) is 11.5 Å². The molecule has 31 heavy (non-hydrogen) atoms. The molecule has 0 aromatic heterocycles. The van der Waals surface area contributed by atoms with Gasteiger partial charge in [-0.3, -0.25) is 9.59 Å². The van der Waals surface area contributed by atoms with E-state index in [4.69, 9.17) is 18.9 Å². The van der Waals surface area contributed by atoms with Crippen molar-refractivity contribution in [3.63, 3.8) is 0 Å². The number of rotatable bonds is 8. The molecule has 0 bridgehead atoms. The summed E-state index contributed by atoms with van der Waals surface area (Å²) in [4.78, 5) is 25.2. The van der Waals surface area contributed by atoms with Gasteiger partial charge in [-0.15, -0.1) is 12.4 Å². The lowest BCUT2D eigenvalue weighted by Gasteiger charge is -2.14. The molecule has 166 valence electrons. The van der Waals surface area contributed by atoms with Crippen LogP contribution in [0, 0.1) is 23.7 Å². The molecular weight excluding hydrogens is 420 g/mol. The van der Waals surface area contributed by atoms with Crippen molar-refractivity contribution in [1.29, 1.82) is 0 Å². The molecule has 0 saturated heterocycles. The molecular formula is C24H27ClO6. The summed E-state index contributed by atoms with van der Waals surface area (Å²) >= 11 is 0. The molecule has 0 heterocycles. The highest BCUT2D eigenvalue weighted by atomic mass is 35.5. The lowest BCUT2D eigenvalue weighted by atomic mass is 10.00. The van der Waals surface area contributed by atoms with Crippen molar-refractivity contribution >= 4 is 24.3 Å². The minimum absolute atomic E-state index is 0. The molecule has 2 fully saturated rings. The van der Waals surface area contributed by atoms with Crippen LogP contribution in [-0.2, 0) is 32.3 Å². The first-order chi connectivity index (χ1) is 14.6. The molecule has 2 aliphatic rings. The van der Waals surface area contributed by atoms with Crippen LogP contribution in [0.15, 0.2) is 48.5 Å². The molecule has 2 saturated carbocycles. The van der Waals surface area contributed by atoms with Crippen molar-refractivity contribution in [2.45, 2.75) is 26.1 Å². The Labute approximate surface area is 188 Å². The van der Waals surface area contributed by atoms with E-state index in [2.05, 4.69) is 0 Å². The largest absolute Gasteiger partial charge is 0.497 e. The monoisotopic (exact) mass is 446 g/mol. The number of ether oxygens (including phenoxy) is 4. The third-order valence-electron chi connectivity index (χ3n) is 6.11. The summed E-state index contributed by atoms with van der Waals surface area (Å²) in [6.07, 6.45) is 1.63. The molecule has 0 N–H and O–H groups in total. The summed E-state index contributed by atoms with van der Waals surface area (Å²) in [5.74, 6) is 0.856. The van der Waals surface area contributed by atoms with Crippen LogP contribution in [0.25, 0.3) is 0 Å². The SMILES string of the molecule is COc1cccc(COC(=O)C2CCC3C(C(=O)OCc4cccc(OC)c4)C23)c1.Cl. The van der Waals surface area contributed by atoms with E-state index in [1.807, 2.05) is 48.5 Å². The zero-order chi connectivity index (χ0) is 21.1. The zero-order valence-electron chi connectivity index (χ0n) is 17.6. The van der Waals surface area contributed by atoms with Crippen molar-refractivity contribution in [3.05, 3.63) is 59.7 Å². The number of esters is 2. The van der Waals surface area contributed by atoms with Gasteiger partial charge in [-0.1, -0.05) is 24.3 Å². The van der Waals surface area contributed by atoms with E-state index in [1.54, 1.807) is 14.2 Å². The molecule has 7 heteroatoms. The van der Waals surface area contributed by atoms with E-state index in [0.717, 1.165) is 35.5 Å². The smallest absolute Gasteiger partial charge is 0.309 e. The van der Waals surface area contributed by atoms with Crippen LogP contribution >= 0.6 is 12.4 Å². The number of benzene rings is 2. The molecule has 2 aliphatic carbocycles. The Bertz CT molecular complexity index is 930. The Morgan fingerprint density at radius 1 is 0.839 bits per heavy atom. The van der Waals surface area contributed by atoms with Gasteiger partial charge in [0.2, 0.25) is 0 Å². The molecule has 4 atom stereocenters. The van der Waals surface area contributed by atoms with Gasteiger partial charge in [-0.2, -0.15) is 0 Å². The lowest BCUT2D eigenvalue weighted by Crippen LogP contribution is -2.21. The topological polar surface area (TPSA) is 71.1 Å². The van der Waals surface area contributed by atoms with Crippen molar-refractivity contribution in [1.82, 2.24) is 0 Å². The van der Waals surface area contributed by atoms with Gasteiger partial charge in [-0.25, -0.2) is 0 Å². The van der Waals surface area contributed by atoms with Gasteiger partial charge >= 0.3 is 11.9 Å². The van der Waals surface area contributed by atoms with Crippen LogP contribution in [0.4, 0.5) is 0 Å². The predicted octanol–water partition coefficient (Wildman–Crippen LogP) is 4.18. The van der Waals surface area contributed by atoms with Crippen LogP contribution in [0.5, 0.6) is 11.5 Å². The van der Waals surface area contributed by atoms with Crippen molar-refractivity contribution < 1.29 is 28.5 Å². The Morgan fingerprint density at radius 2 is 1.39 bits per heavy atom. The first kappa shape index (κ1) is 22.9. The normalized spacial score (nSPS) is 23.2. The van der Waals surface area contributed by atoms with E-state index in [0.29, 0.717) is 0 Å². The minimum Gasteiger partial charge on any atom is -0.497 e. The zero-order valence-corrected chi connectivity index (χ0v) is 18.4. The highest BCUT2D eigenvalue weighted by molar-refractivity contribution is 5.85. The predicted molar refractivity (Wildman–Crippen MR) is 116 cm³/mol. The molecule has 2 aromatic rings. The van der Waals surface area contributed by atoms with Crippen molar-refractivity contribution in [2.75, 3.05) is 14.2 Å². The quantitative estimate of drug-likeness (QED) is 0.566. The van der Waals surface area contributed by atoms with Gasteiger partial charge in [0, 0.05) is 0 Å². The Balaban J connectivity index is 0.00000272. The maximum atomic E-state index is 12.6. The summed E-state index contributed by atoms with van der Waals surface area (Å²) in [6.45, 7) is 0.409. The third kappa shape index (κ3) is 5.13. The maximum absolute atomic E-state index is 12.6. The van der Waals surface area contributed by atoms with Crippen LogP contribution < -0.4 is 9.47 Å². The number of carbonyl (C=O) groups excluding carboxylic acids is 2. The lowest BCUT2D eigenvalue weighted by molar-refractivity contribution is -0.152. The summed E-state index contributed by atoms with van der Waals surface area (Å²) in [5, 5.41) is 0. The molecule has 2 aromatic carbocycles. The average molecular weight is 447 g/mol. The summed E-state index contributed by atoms with van der Waals surface area (Å²) in [7, 11) is 3.20. The maximum Gasteiger partial charge on any atom is 0.309 e. The fourth-order valence-electron chi connectivity index (χ4n) is 4.53. The third-order valence-corrected chi connectivity index (χ3v) is 6.11. The molecule has 4 unspecified atom stereocenters. The van der Waals surface area contributed by atoms with E-state index in [1.165, 1.54) is 0 Å². The second-order valence-electron chi connectivity index (χ2n) is 7.87. The molecule has 0 amide bonds. The van der Waals surface area contributed by atoms with Crippen LogP contribution in [-0.4, -0.2) is 26.2 Å². The van der Waals surface area contributed by atoms with E-state index in [9.17, 15) is 9.59 Å². The summed E-state index contributed by atoms with van der Waals surface area (Å²) in [5.41, 5.74) is 1.75. The number of carbonyl (C=O) groups is 2.